The molecule has 1 saturated heterocycles. The zero-order chi connectivity index (χ0) is 20.6. The molecule has 29 heavy (non-hydrogen) atoms. The van der Waals surface area contributed by atoms with Crippen molar-refractivity contribution in [3.05, 3.63) is 65.4 Å². The molecule has 1 aliphatic heterocycles. The molecule has 4 nitrogen and oxygen atoms in total. The minimum Gasteiger partial charge on any atom is -0.508 e. The standard InChI is InChI=1S/C25H28N2O2/c1-24(2)22-14-17-19(9-7-11-21(17)28)25(24,3)12-13-27(22)23(29)18-15-26(4)20-10-6-5-8-16(18)20/h5-11,15,22,28H,12-14H2,1-4H3/t22?,25-/m0/s1. The van der Waals surface area contributed by atoms with Gasteiger partial charge in [-0.25, -0.2) is 0 Å². The molecule has 0 radical (unpaired) electrons. The maximum Gasteiger partial charge on any atom is 0.256 e. The average molecular weight is 389 g/mol. The van der Waals surface area contributed by atoms with E-state index >= 15 is 0 Å². The van der Waals surface area contributed by atoms with Crippen LogP contribution in [-0.4, -0.2) is 33.1 Å². The number of para-hydroxylation sites is 1. The molecule has 0 spiro atoms. The van der Waals surface area contributed by atoms with Crippen LogP contribution in [0.5, 0.6) is 5.75 Å². The van der Waals surface area contributed by atoms with Crippen molar-refractivity contribution < 1.29 is 9.90 Å². The quantitative estimate of drug-likeness (QED) is 0.660. The number of hydrogen-bond acceptors (Lipinski definition) is 2. The van der Waals surface area contributed by atoms with Crippen molar-refractivity contribution in [2.45, 2.75) is 45.1 Å². The van der Waals surface area contributed by atoms with Crippen molar-refractivity contribution in [1.29, 1.82) is 0 Å². The summed E-state index contributed by atoms with van der Waals surface area (Å²) in [4.78, 5) is 15.8. The minimum atomic E-state index is -0.0910. The number of piperidine rings is 1. The molecule has 2 heterocycles. The summed E-state index contributed by atoms with van der Waals surface area (Å²) in [6, 6.07) is 14.0. The van der Waals surface area contributed by atoms with Gasteiger partial charge in [-0.2, -0.15) is 0 Å². The van der Waals surface area contributed by atoms with Crippen molar-refractivity contribution >= 4 is 16.8 Å². The molecule has 3 aromatic rings. The third-order valence-electron chi connectivity index (χ3n) is 8.02. The van der Waals surface area contributed by atoms with Crippen molar-refractivity contribution in [3.8, 4) is 5.75 Å². The number of rotatable bonds is 1. The van der Waals surface area contributed by atoms with Gasteiger partial charge in [0.2, 0.25) is 0 Å². The molecule has 4 heteroatoms. The lowest BCUT2D eigenvalue weighted by Gasteiger charge is -2.60. The normalized spacial score (nSPS) is 25.1. The van der Waals surface area contributed by atoms with Gasteiger partial charge in [-0.15, -0.1) is 0 Å². The van der Waals surface area contributed by atoms with E-state index in [0.29, 0.717) is 12.2 Å². The summed E-state index contributed by atoms with van der Waals surface area (Å²) < 4.78 is 2.03. The van der Waals surface area contributed by atoms with Gasteiger partial charge in [0.25, 0.3) is 5.91 Å². The number of likely N-dealkylation sites (tertiary alicyclic amines) is 1. The van der Waals surface area contributed by atoms with Crippen LogP contribution in [0.1, 0.15) is 48.7 Å². The van der Waals surface area contributed by atoms with Crippen LogP contribution in [0.2, 0.25) is 0 Å². The van der Waals surface area contributed by atoms with E-state index in [-0.39, 0.29) is 22.8 Å². The van der Waals surface area contributed by atoms with E-state index in [0.717, 1.165) is 35.0 Å². The highest BCUT2D eigenvalue weighted by atomic mass is 16.3. The summed E-state index contributed by atoms with van der Waals surface area (Å²) in [5.41, 5.74) is 3.94. The van der Waals surface area contributed by atoms with Crippen LogP contribution < -0.4 is 0 Å². The number of fused-ring (bicyclic) bond motifs is 5. The van der Waals surface area contributed by atoms with Gasteiger partial charge in [0.05, 0.1) is 5.56 Å². The minimum absolute atomic E-state index is 0.0496. The van der Waals surface area contributed by atoms with Crippen molar-refractivity contribution in [2.75, 3.05) is 6.54 Å². The Balaban J connectivity index is 1.62. The van der Waals surface area contributed by atoms with Gasteiger partial charge in [0.1, 0.15) is 5.75 Å². The highest BCUT2D eigenvalue weighted by Gasteiger charge is 2.57. The second-order valence-electron chi connectivity index (χ2n) is 9.50. The van der Waals surface area contributed by atoms with E-state index in [1.54, 1.807) is 6.07 Å². The molecule has 2 bridgehead atoms. The monoisotopic (exact) mass is 388 g/mol. The molecule has 1 fully saturated rings. The zero-order valence-corrected chi connectivity index (χ0v) is 17.6. The van der Waals surface area contributed by atoms with E-state index in [4.69, 9.17) is 0 Å². The molecule has 1 N–H and O–H groups in total. The van der Waals surface area contributed by atoms with Gasteiger partial charge < -0.3 is 14.6 Å². The fraction of sp³-hybridized carbons (Fsp3) is 0.400. The Bertz CT molecular complexity index is 1140. The third kappa shape index (κ3) is 2.29. The highest BCUT2D eigenvalue weighted by molar-refractivity contribution is 6.07. The Morgan fingerprint density at radius 1 is 1.10 bits per heavy atom. The number of aromatic nitrogens is 1. The molecular weight excluding hydrogens is 360 g/mol. The second kappa shape index (κ2) is 5.88. The fourth-order valence-electron chi connectivity index (χ4n) is 5.84. The van der Waals surface area contributed by atoms with E-state index < -0.39 is 0 Å². The Kier molecular flexibility index (Phi) is 3.71. The molecular formula is C25H28N2O2. The summed E-state index contributed by atoms with van der Waals surface area (Å²) in [6.45, 7) is 7.61. The number of phenolic OH excluding ortho intramolecular Hbond substituents is 1. The maximum absolute atomic E-state index is 13.8. The SMILES string of the molecule is Cn1cc(C(=O)N2CC[C@@]3(C)c4cccc(O)c4CC2C3(C)C)c2ccccc21. The van der Waals surface area contributed by atoms with Gasteiger partial charge in [-0.05, 0) is 41.5 Å². The lowest BCUT2D eigenvalue weighted by Crippen LogP contribution is -2.64. The predicted octanol–water partition coefficient (Wildman–Crippen LogP) is 4.64. The van der Waals surface area contributed by atoms with Gasteiger partial charge in [0, 0.05) is 42.1 Å². The van der Waals surface area contributed by atoms with Gasteiger partial charge in [0.15, 0.2) is 0 Å². The lowest BCUT2D eigenvalue weighted by molar-refractivity contribution is -0.0265. The second-order valence-corrected chi connectivity index (χ2v) is 9.50. The first kappa shape index (κ1) is 18.3. The van der Waals surface area contributed by atoms with Gasteiger partial charge in [-0.3, -0.25) is 4.79 Å². The summed E-state index contributed by atoms with van der Waals surface area (Å²) in [6.07, 6.45) is 3.55. The summed E-state index contributed by atoms with van der Waals surface area (Å²) >= 11 is 0. The Morgan fingerprint density at radius 3 is 2.66 bits per heavy atom. The van der Waals surface area contributed by atoms with Crippen LogP contribution in [0.3, 0.4) is 0 Å². The van der Waals surface area contributed by atoms with Crippen molar-refractivity contribution in [1.82, 2.24) is 9.47 Å². The topological polar surface area (TPSA) is 45.5 Å². The number of carbonyl (C=O) groups is 1. The number of nitrogens with zero attached hydrogens (tertiary/aromatic N) is 2. The Morgan fingerprint density at radius 2 is 1.86 bits per heavy atom. The van der Waals surface area contributed by atoms with Crippen LogP contribution in [0.4, 0.5) is 0 Å². The summed E-state index contributed by atoms with van der Waals surface area (Å²) in [7, 11) is 1.99. The van der Waals surface area contributed by atoms with Crippen molar-refractivity contribution in [3.63, 3.8) is 0 Å². The zero-order valence-electron chi connectivity index (χ0n) is 17.6. The first-order chi connectivity index (χ1) is 13.8. The Labute approximate surface area is 171 Å². The number of phenols is 1. The molecule has 2 atom stereocenters. The third-order valence-corrected chi connectivity index (χ3v) is 8.02. The van der Waals surface area contributed by atoms with Gasteiger partial charge in [-0.1, -0.05) is 51.1 Å². The predicted molar refractivity (Wildman–Crippen MR) is 115 cm³/mol. The first-order valence-electron chi connectivity index (χ1n) is 10.4. The van der Waals surface area contributed by atoms with Crippen LogP contribution >= 0.6 is 0 Å². The molecule has 1 amide bonds. The average Bonchev–Trinajstić information content (AvgIpc) is 3.02. The molecule has 1 aromatic heterocycles. The van der Waals surface area contributed by atoms with E-state index in [1.165, 1.54) is 5.56 Å². The maximum atomic E-state index is 13.8. The number of hydrogen-bond donors (Lipinski definition) is 1. The molecule has 1 unspecified atom stereocenters. The number of carbonyl (C=O) groups excluding carboxylic acids is 1. The molecule has 150 valence electrons. The molecule has 0 saturated carbocycles. The van der Waals surface area contributed by atoms with Crippen molar-refractivity contribution in [2.24, 2.45) is 12.5 Å². The number of aromatic hydroxyl groups is 1. The molecule has 2 aromatic carbocycles. The van der Waals surface area contributed by atoms with Crippen LogP contribution in [0.25, 0.3) is 10.9 Å². The highest BCUT2D eigenvalue weighted by Crippen LogP contribution is 2.57. The summed E-state index contributed by atoms with van der Waals surface area (Å²) in [5, 5.41) is 11.6. The van der Waals surface area contributed by atoms with Gasteiger partial charge >= 0.3 is 0 Å². The number of benzene rings is 2. The van der Waals surface area contributed by atoms with E-state index in [9.17, 15) is 9.90 Å². The molecule has 2 aliphatic rings. The lowest BCUT2D eigenvalue weighted by atomic mass is 9.51. The molecule has 1 aliphatic carbocycles. The van der Waals surface area contributed by atoms with Crippen LogP contribution in [-0.2, 0) is 18.9 Å². The molecule has 5 rings (SSSR count). The number of aryl methyl sites for hydroxylation is 1. The van der Waals surface area contributed by atoms with E-state index in [1.807, 2.05) is 42.1 Å². The first-order valence-corrected chi connectivity index (χ1v) is 10.4. The Hall–Kier alpha value is -2.75. The smallest absolute Gasteiger partial charge is 0.256 e. The summed E-state index contributed by atoms with van der Waals surface area (Å²) in [5.74, 6) is 0.453. The van der Waals surface area contributed by atoms with Crippen LogP contribution in [0.15, 0.2) is 48.7 Å². The fourth-order valence-corrected chi connectivity index (χ4v) is 5.84. The van der Waals surface area contributed by atoms with Crippen LogP contribution in [0, 0.1) is 5.41 Å². The largest absolute Gasteiger partial charge is 0.508 e. The number of amides is 1. The van der Waals surface area contributed by atoms with E-state index in [2.05, 4.69) is 37.8 Å².